The van der Waals surface area contributed by atoms with Gasteiger partial charge in [0, 0.05) is 13.1 Å². The molecule has 1 amide bonds. The lowest BCUT2D eigenvalue weighted by molar-refractivity contribution is -0.130. The molecule has 3 rings (SSSR count). The molecule has 0 saturated carbocycles. The van der Waals surface area contributed by atoms with Crippen molar-refractivity contribution in [3.05, 3.63) is 12.5 Å². The van der Waals surface area contributed by atoms with Crippen molar-refractivity contribution in [2.45, 2.75) is 19.3 Å². The average Bonchev–Trinajstić information content (AvgIpc) is 2.94. The smallest absolute Gasteiger partial charge is 0.241 e. The van der Waals surface area contributed by atoms with Crippen molar-refractivity contribution in [2.24, 2.45) is 0 Å². The summed E-state index contributed by atoms with van der Waals surface area (Å²) >= 11 is 0. The molecule has 7 nitrogen and oxygen atoms in total. The van der Waals surface area contributed by atoms with Crippen molar-refractivity contribution >= 4 is 22.8 Å². The van der Waals surface area contributed by atoms with E-state index < -0.39 is 0 Å². The lowest BCUT2D eigenvalue weighted by Crippen LogP contribution is -2.39. The van der Waals surface area contributed by atoms with E-state index in [2.05, 4.69) is 25.5 Å². The maximum absolute atomic E-state index is 12.0. The van der Waals surface area contributed by atoms with Gasteiger partial charge in [0.1, 0.15) is 12.1 Å². The highest BCUT2D eigenvalue weighted by molar-refractivity contribution is 5.88. The van der Waals surface area contributed by atoms with Gasteiger partial charge in [-0.25, -0.2) is 9.97 Å². The predicted octanol–water partition coefficient (Wildman–Crippen LogP) is 0.777. The number of amides is 1. The first-order valence-electron chi connectivity index (χ1n) is 6.50. The third-order valence-electron chi connectivity index (χ3n) is 3.36. The van der Waals surface area contributed by atoms with Gasteiger partial charge in [0.2, 0.25) is 5.91 Å². The molecule has 0 spiro atoms. The van der Waals surface area contributed by atoms with Gasteiger partial charge in [-0.05, 0) is 19.3 Å². The van der Waals surface area contributed by atoms with Gasteiger partial charge >= 0.3 is 0 Å². The minimum absolute atomic E-state index is 0.120. The van der Waals surface area contributed by atoms with Crippen LogP contribution in [0.2, 0.25) is 0 Å². The van der Waals surface area contributed by atoms with E-state index in [-0.39, 0.29) is 12.5 Å². The standard InChI is InChI=1S/C12H16N6O/c19-10(18-4-2-1-3-5-18)7-13-11-9-6-16-17-12(9)15-8-14-11/h6,8H,1-5,7H2,(H2,13,14,15,16,17). The summed E-state index contributed by atoms with van der Waals surface area (Å²) in [5.41, 5.74) is 0.669. The van der Waals surface area contributed by atoms with Crippen LogP contribution < -0.4 is 5.32 Å². The lowest BCUT2D eigenvalue weighted by Gasteiger charge is -2.26. The summed E-state index contributed by atoms with van der Waals surface area (Å²) in [4.78, 5) is 22.1. The first-order chi connectivity index (χ1) is 9.34. The van der Waals surface area contributed by atoms with Crippen LogP contribution in [0.4, 0.5) is 5.82 Å². The molecule has 1 aliphatic heterocycles. The fourth-order valence-corrected chi connectivity index (χ4v) is 2.32. The number of aromatic amines is 1. The summed E-state index contributed by atoms with van der Waals surface area (Å²) in [5.74, 6) is 0.763. The maximum Gasteiger partial charge on any atom is 0.241 e. The van der Waals surface area contributed by atoms with Crippen LogP contribution in [0.1, 0.15) is 19.3 Å². The number of H-pyrrole nitrogens is 1. The number of hydrogen-bond acceptors (Lipinski definition) is 5. The SMILES string of the molecule is O=C(CNc1ncnc2[nH]ncc12)N1CCCCC1. The second kappa shape index (κ2) is 5.21. The highest BCUT2D eigenvalue weighted by Gasteiger charge is 2.16. The third-order valence-corrected chi connectivity index (χ3v) is 3.36. The molecule has 2 aromatic heterocycles. The topological polar surface area (TPSA) is 86.8 Å². The van der Waals surface area contributed by atoms with E-state index in [9.17, 15) is 4.79 Å². The first kappa shape index (κ1) is 11.9. The Morgan fingerprint density at radius 1 is 1.32 bits per heavy atom. The second-order valence-electron chi connectivity index (χ2n) is 4.65. The van der Waals surface area contributed by atoms with E-state index in [4.69, 9.17) is 0 Å². The summed E-state index contributed by atoms with van der Waals surface area (Å²) in [6.07, 6.45) is 6.53. The number of likely N-dealkylation sites (tertiary alicyclic amines) is 1. The van der Waals surface area contributed by atoms with Gasteiger partial charge in [-0.15, -0.1) is 0 Å². The van der Waals surface area contributed by atoms with E-state index in [0.29, 0.717) is 11.5 Å². The van der Waals surface area contributed by atoms with Crippen LogP contribution in [-0.4, -0.2) is 50.6 Å². The molecule has 0 atom stereocenters. The van der Waals surface area contributed by atoms with E-state index in [0.717, 1.165) is 31.3 Å². The molecular weight excluding hydrogens is 244 g/mol. The fraction of sp³-hybridized carbons (Fsp3) is 0.500. The van der Waals surface area contributed by atoms with Gasteiger partial charge in [-0.2, -0.15) is 5.10 Å². The second-order valence-corrected chi connectivity index (χ2v) is 4.65. The van der Waals surface area contributed by atoms with Crippen molar-refractivity contribution < 1.29 is 4.79 Å². The van der Waals surface area contributed by atoms with Crippen molar-refractivity contribution in [3.8, 4) is 0 Å². The highest BCUT2D eigenvalue weighted by atomic mass is 16.2. The molecule has 1 fully saturated rings. The molecule has 2 N–H and O–H groups in total. The summed E-state index contributed by atoms with van der Waals surface area (Å²) < 4.78 is 0. The number of carbonyl (C=O) groups is 1. The van der Waals surface area contributed by atoms with Crippen LogP contribution in [0.25, 0.3) is 11.0 Å². The Morgan fingerprint density at radius 3 is 3.00 bits per heavy atom. The highest BCUT2D eigenvalue weighted by Crippen LogP contribution is 2.16. The third kappa shape index (κ3) is 2.49. The number of piperidine rings is 1. The number of aromatic nitrogens is 4. The average molecular weight is 260 g/mol. The molecule has 0 unspecified atom stereocenters. The van der Waals surface area contributed by atoms with E-state index in [1.54, 1.807) is 6.20 Å². The van der Waals surface area contributed by atoms with Crippen molar-refractivity contribution in [3.63, 3.8) is 0 Å². The molecule has 19 heavy (non-hydrogen) atoms. The fourth-order valence-electron chi connectivity index (χ4n) is 2.32. The number of anilines is 1. The minimum Gasteiger partial charge on any atom is -0.360 e. The molecule has 0 bridgehead atoms. The zero-order valence-corrected chi connectivity index (χ0v) is 10.6. The Balaban J connectivity index is 1.65. The normalized spacial score (nSPS) is 15.7. The summed E-state index contributed by atoms with van der Waals surface area (Å²) in [6.45, 7) is 1.99. The van der Waals surface area contributed by atoms with Gasteiger partial charge in [-0.1, -0.05) is 0 Å². The maximum atomic E-state index is 12.0. The molecule has 0 radical (unpaired) electrons. The monoisotopic (exact) mass is 260 g/mol. The molecule has 0 aromatic carbocycles. The van der Waals surface area contributed by atoms with Gasteiger partial charge in [-0.3, -0.25) is 9.89 Å². The number of carbonyl (C=O) groups excluding carboxylic acids is 1. The molecule has 0 aliphatic carbocycles. The number of rotatable bonds is 3. The van der Waals surface area contributed by atoms with Crippen LogP contribution in [0.5, 0.6) is 0 Å². The van der Waals surface area contributed by atoms with Crippen LogP contribution in [0.3, 0.4) is 0 Å². The molecule has 3 heterocycles. The van der Waals surface area contributed by atoms with E-state index in [1.165, 1.54) is 12.7 Å². The zero-order chi connectivity index (χ0) is 13.1. The van der Waals surface area contributed by atoms with Gasteiger partial charge in [0.05, 0.1) is 18.1 Å². The van der Waals surface area contributed by atoms with Crippen LogP contribution >= 0.6 is 0 Å². The van der Waals surface area contributed by atoms with Gasteiger partial charge in [0.25, 0.3) is 0 Å². The first-order valence-corrected chi connectivity index (χ1v) is 6.50. The van der Waals surface area contributed by atoms with Crippen LogP contribution in [-0.2, 0) is 4.79 Å². The Morgan fingerprint density at radius 2 is 2.16 bits per heavy atom. The Hall–Kier alpha value is -2.18. The molecule has 7 heteroatoms. The van der Waals surface area contributed by atoms with Crippen molar-refractivity contribution in [1.29, 1.82) is 0 Å². The molecule has 1 saturated heterocycles. The van der Waals surface area contributed by atoms with Crippen LogP contribution in [0, 0.1) is 0 Å². The lowest BCUT2D eigenvalue weighted by atomic mass is 10.1. The molecule has 1 aliphatic rings. The Bertz CT molecular complexity index is 574. The van der Waals surface area contributed by atoms with Crippen molar-refractivity contribution in [1.82, 2.24) is 25.1 Å². The van der Waals surface area contributed by atoms with Crippen molar-refractivity contribution in [2.75, 3.05) is 25.0 Å². The predicted molar refractivity (Wildman–Crippen MR) is 70.6 cm³/mol. The Labute approximate surface area is 110 Å². The Kier molecular flexibility index (Phi) is 3.26. The van der Waals surface area contributed by atoms with Gasteiger partial charge < -0.3 is 10.2 Å². The molecule has 2 aromatic rings. The largest absolute Gasteiger partial charge is 0.360 e. The van der Waals surface area contributed by atoms with Gasteiger partial charge in [0.15, 0.2) is 5.65 Å². The molecule has 100 valence electrons. The number of hydrogen-bond donors (Lipinski definition) is 2. The number of fused-ring (bicyclic) bond motifs is 1. The summed E-state index contributed by atoms with van der Waals surface area (Å²) in [5, 5.41) is 10.6. The van der Waals surface area contributed by atoms with E-state index >= 15 is 0 Å². The van der Waals surface area contributed by atoms with Crippen LogP contribution in [0.15, 0.2) is 12.5 Å². The number of nitrogens with one attached hydrogen (secondary N) is 2. The van der Waals surface area contributed by atoms with E-state index in [1.807, 2.05) is 4.90 Å². The minimum atomic E-state index is 0.120. The number of nitrogens with zero attached hydrogens (tertiary/aromatic N) is 4. The summed E-state index contributed by atoms with van der Waals surface area (Å²) in [6, 6.07) is 0. The zero-order valence-electron chi connectivity index (χ0n) is 10.6. The summed E-state index contributed by atoms with van der Waals surface area (Å²) in [7, 11) is 0. The quantitative estimate of drug-likeness (QED) is 0.851. The molecular formula is C12H16N6O.